The molecule has 124 valence electrons. The molecule has 25 heavy (non-hydrogen) atoms. The first-order chi connectivity index (χ1) is 12.3. The molecule has 1 amide bonds. The molecule has 0 fully saturated rings. The largest absolute Gasteiger partial charge is 0.490 e. The molecule has 3 aromatic carbocycles. The standard InChI is InChI=1S/C21H18N2O2/c1-2-14-25-18-12-10-16(11-13-18)15-22-23-21(24)20-9-5-7-17-6-3-4-8-19(17)20/h2-13,15H,1,14H2,(H,23,24)/b22-15-. The van der Waals surface area contributed by atoms with Crippen LogP contribution in [0.15, 0.2) is 84.5 Å². The van der Waals surface area contributed by atoms with E-state index in [0.29, 0.717) is 12.2 Å². The van der Waals surface area contributed by atoms with Crippen LogP contribution in [0.25, 0.3) is 10.8 Å². The number of hydrogen-bond acceptors (Lipinski definition) is 3. The molecule has 4 nitrogen and oxygen atoms in total. The monoisotopic (exact) mass is 330 g/mol. The Morgan fingerprint density at radius 2 is 1.80 bits per heavy atom. The van der Waals surface area contributed by atoms with Crippen LogP contribution in [-0.2, 0) is 0 Å². The summed E-state index contributed by atoms with van der Waals surface area (Å²) >= 11 is 0. The second-order valence-corrected chi connectivity index (χ2v) is 5.39. The Hall–Kier alpha value is -3.40. The first kappa shape index (κ1) is 16.5. The molecule has 0 atom stereocenters. The van der Waals surface area contributed by atoms with Gasteiger partial charge in [-0.2, -0.15) is 5.10 Å². The summed E-state index contributed by atoms with van der Waals surface area (Å²) < 4.78 is 5.42. The van der Waals surface area contributed by atoms with Gasteiger partial charge in [0, 0.05) is 5.56 Å². The summed E-state index contributed by atoms with van der Waals surface area (Å²) in [6.07, 6.45) is 3.29. The third-order valence-corrected chi connectivity index (χ3v) is 3.66. The van der Waals surface area contributed by atoms with Crippen LogP contribution in [0.3, 0.4) is 0 Å². The number of hydrogen-bond donors (Lipinski definition) is 1. The zero-order valence-electron chi connectivity index (χ0n) is 13.7. The van der Waals surface area contributed by atoms with Crippen LogP contribution in [0.4, 0.5) is 0 Å². The molecule has 1 N–H and O–H groups in total. The molecule has 0 saturated carbocycles. The SMILES string of the molecule is C=CCOc1ccc(/C=N\NC(=O)c2cccc3ccccc23)cc1. The molecule has 0 radical (unpaired) electrons. The average molecular weight is 330 g/mol. The molecule has 4 heteroatoms. The summed E-state index contributed by atoms with van der Waals surface area (Å²) in [7, 11) is 0. The summed E-state index contributed by atoms with van der Waals surface area (Å²) in [4.78, 5) is 12.4. The second-order valence-electron chi connectivity index (χ2n) is 5.39. The van der Waals surface area contributed by atoms with Crippen molar-refractivity contribution < 1.29 is 9.53 Å². The Kier molecular flexibility index (Phi) is 5.22. The molecular formula is C21H18N2O2. The van der Waals surface area contributed by atoms with E-state index in [1.807, 2.05) is 60.7 Å². The van der Waals surface area contributed by atoms with E-state index in [1.54, 1.807) is 18.4 Å². The normalized spacial score (nSPS) is 10.7. The zero-order valence-corrected chi connectivity index (χ0v) is 13.7. The third kappa shape index (κ3) is 4.12. The fourth-order valence-electron chi connectivity index (χ4n) is 2.45. The van der Waals surface area contributed by atoms with Gasteiger partial charge in [0.1, 0.15) is 12.4 Å². The van der Waals surface area contributed by atoms with Crippen molar-refractivity contribution in [3.63, 3.8) is 0 Å². The van der Waals surface area contributed by atoms with Gasteiger partial charge in [0.25, 0.3) is 5.91 Å². The lowest BCUT2D eigenvalue weighted by molar-refractivity contribution is 0.0957. The topological polar surface area (TPSA) is 50.7 Å². The minimum absolute atomic E-state index is 0.237. The van der Waals surface area contributed by atoms with E-state index in [-0.39, 0.29) is 5.91 Å². The number of rotatable bonds is 6. The average Bonchev–Trinajstić information content (AvgIpc) is 2.67. The number of carbonyl (C=O) groups is 1. The van der Waals surface area contributed by atoms with Crippen molar-refractivity contribution in [2.75, 3.05) is 6.61 Å². The van der Waals surface area contributed by atoms with Gasteiger partial charge < -0.3 is 4.74 Å². The van der Waals surface area contributed by atoms with Crippen LogP contribution in [0.2, 0.25) is 0 Å². The lowest BCUT2D eigenvalue weighted by Crippen LogP contribution is -2.17. The molecule has 0 saturated heterocycles. The number of ether oxygens (including phenoxy) is 1. The van der Waals surface area contributed by atoms with E-state index in [4.69, 9.17) is 4.74 Å². The predicted octanol–water partition coefficient (Wildman–Crippen LogP) is 4.17. The minimum atomic E-state index is -0.237. The fraction of sp³-hybridized carbons (Fsp3) is 0.0476. The molecule has 0 unspecified atom stereocenters. The maximum absolute atomic E-state index is 12.4. The summed E-state index contributed by atoms with van der Waals surface area (Å²) in [5.74, 6) is 0.524. The summed E-state index contributed by atoms with van der Waals surface area (Å²) in [5, 5.41) is 5.96. The Balaban J connectivity index is 1.67. The van der Waals surface area contributed by atoms with E-state index >= 15 is 0 Å². The maximum atomic E-state index is 12.4. The molecule has 0 aliphatic carbocycles. The highest BCUT2D eigenvalue weighted by Crippen LogP contribution is 2.18. The maximum Gasteiger partial charge on any atom is 0.271 e. The summed E-state index contributed by atoms with van der Waals surface area (Å²) in [5.41, 5.74) is 4.04. The van der Waals surface area contributed by atoms with E-state index in [0.717, 1.165) is 22.1 Å². The van der Waals surface area contributed by atoms with Gasteiger partial charge in [-0.1, -0.05) is 49.1 Å². The number of nitrogens with one attached hydrogen (secondary N) is 1. The van der Waals surface area contributed by atoms with Gasteiger partial charge >= 0.3 is 0 Å². The van der Waals surface area contributed by atoms with Crippen LogP contribution in [-0.4, -0.2) is 18.7 Å². The smallest absolute Gasteiger partial charge is 0.271 e. The van der Waals surface area contributed by atoms with Gasteiger partial charge in [-0.15, -0.1) is 0 Å². The molecule has 0 aliphatic heterocycles. The molecule has 0 spiro atoms. The highest BCUT2D eigenvalue weighted by molar-refractivity contribution is 6.07. The number of carbonyl (C=O) groups excluding carboxylic acids is 1. The van der Waals surface area contributed by atoms with Gasteiger partial charge in [0.15, 0.2) is 0 Å². The molecule has 3 rings (SSSR count). The van der Waals surface area contributed by atoms with Crippen molar-refractivity contribution >= 4 is 22.9 Å². The number of amides is 1. The van der Waals surface area contributed by atoms with Crippen molar-refractivity contribution in [3.05, 3.63) is 90.5 Å². The first-order valence-corrected chi connectivity index (χ1v) is 7.93. The van der Waals surface area contributed by atoms with E-state index in [1.165, 1.54) is 0 Å². The second kappa shape index (κ2) is 7.93. The van der Waals surface area contributed by atoms with Crippen LogP contribution in [0, 0.1) is 0 Å². The van der Waals surface area contributed by atoms with E-state index in [2.05, 4.69) is 17.1 Å². The highest BCUT2D eigenvalue weighted by Gasteiger charge is 2.08. The van der Waals surface area contributed by atoms with Gasteiger partial charge in [0.2, 0.25) is 0 Å². The number of nitrogens with zero attached hydrogens (tertiary/aromatic N) is 1. The number of benzene rings is 3. The minimum Gasteiger partial charge on any atom is -0.490 e. The predicted molar refractivity (Wildman–Crippen MR) is 101 cm³/mol. The van der Waals surface area contributed by atoms with Crippen LogP contribution >= 0.6 is 0 Å². The van der Waals surface area contributed by atoms with Gasteiger partial charge in [-0.25, -0.2) is 5.43 Å². The number of fused-ring (bicyclic) bond motifs is 1. The summed E-state index contributed by atoms with van der Waals surface area (Å²) in [6.45, 7) is 4.07. The molecule has 0 aromatic heterocycles. The van der Waals surface area contributed by atoms with Crippen LogP contribution in [0.5, 0.6) is 5.75 Å². The van der Waals surface area contributed by atoms with Crippen molar-refractivity contribution in [1.82, 2.24) is 5.43 Å². The Morgan fingerprint density at radius 3 is 2.60 bits per heavy atom. The van der Waals surface area contributed by atoms with Gasteiger partial charge in [-0.05, 0) is 46.7 Å². The van der Waals surface area contributed by atoms with E-state index in [9.17, 15) is 4.79 Å². The molecule has 3 aromatic rings. The van der Waals surface area contributed by atoms with Crippen molar-refractivity contribution in [3.8, 4) is 5.75 Å². The third-order valence-electron chi connectivity index (χ3n) is 3.66. The molecular weight excluding hydrogens is 312 g/mol. The zero-order chi connectivity index (χ0) is 17.5. The van der Waals surface area contributed by atoms with Crippen molar-refractivity contribution in [2.45, 2.75) is 0 Å². The Labute approximate surface area is 146 Å². The Morgan fingerprint density at radius 1 is 1.04 bits per heavy atom. The molecule has 0 bridgehead atoms. The van der Waals surface area contributed by atoms with Crippen LogP contribution < -0.4 is 10.2 Å². The lowest BCUT2D eigenvalue weighted by Gasteiger charge is -2.05. The fourth-order valence-corrected chi connectivity index (χ4v) is 2.45. The quantitative estimate of drug-likeness (QED) is 0.419. The number of hydrazone groups is 1. The lowest BCUT2D eigenvalue weighted by atomic mass is 10.0. The van der Waals surface area contributed by atoms with Gasteiger partial charge in [-0.3, -0.25) is 4.79 Å². The van der Waals surface area contributed by atoms with Crippen molar-refractivity contribution in [1.29, 1.82) is 0 Å². The molecule has 0 aliphatic rings. The van der Waals surface area contributed by atoms with Crippen molar-refractivity contribution in [2.24, 2.45) is 5.10 Å². The first-order valence-electron chi connectivity index (χ1n) is 7.93. The molecule has 0 heterocycles. The Bertz CT molecular complexity index is 909. The van der Waals surface area contributed by atoms with Gasteiger partial charge in [0.05, 0.1) is 6.21 Å². The van der Waals surface area contributed by atoms with Crippen LogP contribution in [0.1, 0.15) is 15.9 Å². The summed E-state index contributed by atoms with van der Waals surface area (Å²) in [6, 6.07) is 20.8. The van der Waals surface area contributed by atoms with E-state index < -0.39 is 0 Å². The highest BCUT2D eigenvalue weighted by atomic mass is 16.5.